The molecule has 1 amide bonds. The molecule has 0 bridgehead atoms. The molecule has 0 atom stereocenters. The maximum absolute atomic E-state index is 13.0. The molecule has 0 aliphatic rings. The van der Waals surface area contributed by atoms with Gasteiger partial charge in [-0.05, 0) is 48.0 Å². The van der Waals surface area contributed by atoms with Crippen molar-refractivity contribution in [3.05, 3.63) is 99.3 Å². The Hall–Kier alpha value is -2.69. The molecular weight excluding hydrogens is 388 g/mol. The molecule has 0 fully saturated rings. The Kier molecular flexibility index (Phi) is 5.89. The molecule has 0 saturated carbocycles. The van der Waals surface area contributed by atoms with Gasteiger partial charge in [0, 0.05) is 16.1 Å². The number of amides is 1. The third kappa shape index (κ3) is 4.73. The van der Waals surface area contributed by atoms with Gasteiger partial charge in [-0.25, -0.2) is 4.39 Å². The molecule has 1 N–H and O–H groups in total. The molecule has 0 heterocycles. The maximum atomic E-state index is 13.0. The Labute approximate surface area is 165 Å². The zero-order chi connectivity index (χ0) is 19.4. The SMILES string of the molecule is O=C(Cc1ccc(F)cc1)Nc1ccc(Cl)cc1C(=O)c1ccccc1Cl. The Bertz CT molecular complexity index is 1000. The zero-order valence-corrected chi connectivity index (χ0v) is 15.5. The smallest absolute Gasteiger partial charge is 0.228 e. The topological polar surface area (TPSA) is 46.2 Å². The van der Waals surface area contributed by atoms with E-state index < -0.39 is 0 Å². The molecule has 3 nitrogen and oxygen atoms in total. The van der Waals surface area contributed by atoms with Crippen molar-refractivity contribution in [3.63, 3.8) is 0 Å². The molecule has 0 radical (unpaired) electrons. The summed E-state index contributed by atoms with van der Waals surface area (Å²) in [5.74, 6) is -1.05. The van der Waals surface area contributed by atoms with E-state index >= 15 is 0 Å². The summed E-state index contributed by atoms with van der Waals surface area (Å²) in [7, 11) is 0. The summed E-state index contributed by atoms with van der Waals surface area (Å²) >= 11 is 12.2. The monoisotopic (exact) mass is 401 g/mol. The van der Waals surface area contributed by atoms with Crippen molar-refractivity contribution in [1.82, 2.24) is 0 Å². The Morgan fingerprint density at radius 1 is 0.889 bits per heavy atom. The lowest BCUT2D eigenvalue weighted by molar-refractivity contribution is -0.115. The van der Waals surface area contributed by atoms with Crippen LogP contribution in [0.25, 0.3) is 0 Å². The number of ketones is 1. The summed E-state index contributed by atoms with van der Waals surface area (Å²) in [6.45, 7) is 0. The Morgan fingerprint density at radius 3 is 2.30 bits per heavy atom. The lowest BCUT2D eigenvalue weighted by Gasteiger charge is -2.12. The quantitative estimate of drug-likeness (QED) is 0.570. The van der Waals surface area contributed by atoms with Crippen molar-refractivity contribution in [2.75, 3.05) is 5.32 Å². The van der Waals surface area contributed by atoms with Gasteiger partial charge < -0.3 is 5.32 Å². The predicted octanol–water partition coefficient (Wildman–Crippen LogP) is 5.54. The first-order chi connectivity index (χ1) is 12.9. The van der Waals surface area contributed by atoms with Crippen molar-refractivity contribution in [1.29, 1.82) is 0 Å². The molecule has 0 aromatic heterocycles. The second kappa shape index (κ2) is 8.33. The highest BCUT2D eigenvalue weighted by Crippen LogP contribution is 2.26. The number of hydrogen-bond donors (Lipinski definition) is 1. The van der Waals surface area contributed by atoms with Crippen LogP contribution in [0.15, 0.2) is 66.7 Å². The fourth-order valence-corrected chi connectivity index (χ4v) is 2.98. The van der Waals surface area contributed by atoms with E-state index in [0.29, 0.717) is 26.9 Å². The molecule has 0 aliphatic carbocycles. The van der Waals surface area contributed by atoms with Crippen LogP contribution in [0.1, 0.15) is 21.5 Å². The van der Waals surface area contributed by atoms with Gasteiger partial charge in [0.2, 0.25) is 5.91 Å². The molecule has 0 saturated heterocycles. The number of benzene rings is 3. The molecule has 3 rings (SSSR count). The summed E-state index contributed by atoms with van der Waals surface area (Å²) in [6.07, 6.45) is 0.0443. The van der Waals surface area contributed by atoms with Gasteiger partial charge in [0.25, 0.3) is 0 Å². The minimum Gasteiger partial charge on any atom is -0.325 e. The Balaban J connectivity index is 1.86. The molecule has 3 aromatic rings. The fraction of sp³-hybridized carbons (Fsp3) is 0.0476. The standard InChI is InChI=1S/C21H14Cl2FNO2/c22-14-7-10-19(25-20(26)11-13-5-8-15(24)9-6-13)17(12-14)21(27)16-3-1-2-4-18(16)23/h1-10,12H,11H2,(H,25,26). The lowest BCUT2D eigenvalue weighted by atomic mass is 10.0. The van der Waals surface area contributed by atoms with Gasteiger partial charge in [-0.15, -0.1) is 0 Å². The van der Waals surface area contributed by atoms with Gasteiger partial charge in [-0.3, -0.25) is 9.59 Å². The van der Waals surface area contributed by atoms with Crippen molar-refractivity contribution < 1.29 is 14.0 Å². The number of carbonyl (C=O) groups excluding carboxylic acids is 2. The van der Waals surface area contributed by atoms with E-state index in [4.69, 9.17) is 23.2 Å². The first-order valence-corrected chi connectivity index (χ1v) is 8.82. The molecule has 0 aliphatic heterocycles. The van der Waals surface area contributed by atoms with Crippen molar-refractivity contribution in [2.45, 2.75) is 6.42 Å². The van der Waals surface area contributed by atoms with Gasteiger partial charge >= 0.3 is 0 Å². The van der Waals surface area contributed by atoms with Crippen LogP contribution in [0, 0.1) is 5.82 Å². The molecule has 27 heavy (non-hydrogen) atoms. The van der Waals surface area contributed by atoms with E-state index in [1.54, 1.807) is 36.4 Å². The highest BCUT2D eigenvalue weighted by molar-refractivity contribution is 6.36. The second-order valence-corrected chi connectivity index (χ2v) is 6.69. The van der Waals surface area contributed by atoms with Gasteiger partial charge in [0.05, 0.1) is 17.1 Å². The largest absolute Gasteiger partial charge is 0.325 e. The van der Waals surface area contributed by atoms with Crippen LogP contribution in [-0.2, 0) is 11.2 Å². The summed E-state index contributed by atoms with van der Waals surface area (Å²) in [5.41, 5.74) is 1.54. The van der Waals surface area contributed by atoms with Crippen molar-refractivity contribution in [2.24, 2.45) is 0 Å². The zero-order valence-electron chi connectivity index (χ0n) is 14.0. The molecule has 6 heteroatoms. The number of halogens is 3. The number of nitrogens with one attached hydrogen (secondary N) is 1. The van der Waals surface area contributed by atoms with E-state index in [0.717, 1.165) is 0 Å². The Morgan fingerprint density at radius 2 is 1.59 bits per heavy atom. The average Bonchev–Trinajstić information content (AvgIpc) is 2.65. The van der Waals surface area contributed by atoms with Gasteiger partial charge in [-0.2, -0.15) is 0 Å². The van der Waals surface area contributed by atoms with Crippen molar-refractivity contribution >= 4 is 40.6 Å². The van der Waals surface area contributed by atoms with Crippen LogP contribution in [0.3, 0.4) is 0 Å². The molecule has 3 aromatic carbocycles. The summed E-state index contributed by atoms with van der Waals surface area (Å²) in [4.78, 5) is 25.2. The minimum absolute atomic E-state index is 0.0443. The van der Waals surface area contributed by atoms with E-state index in [1.165, 1.54) is 30.3 Å². The third-order valence-electron chi connectivity index (χ3n) is 3.90. The second-order valence-electron chi connectivity index (χ2n) is 5.85. The van der Waals surface area contributed by atoms with Crippen LogP contribution >= 0.6 is 23.2 Å². The third-order valence-corrected chi connectivity index (χ3v) is 4.46. The molecule has 0 unspecified atom stereocenters. The van der Waals surface area contributed by atoms with E-state index in [-0.39, 0.29) is 29.5 Å². The molecular formula is C21H14Cl2FNO2. The highest BCUT2D eigenvalue weighted by Gasteiger charge is 2.18. The number of hydrogen-bond acceptors (Lipinski definition) is 2. The van der Waals surface area contributed by atoms with E-state index in [1.807, 2.05) is 0 Å². The first kappa shape index (κ1) is 19.1. The predicted molar refractivity (Wildman–Crippen MR) is 105 cm³/mol. The minimum atomic E-state index is -0.371. The number of rotatable bonds is 5. The van der Waals surface area contributed by atoms with Crippen LogP contribution in [0.4, 0.5) is 10.1 Å². The summed E-state index contributed by atoms with van der Waals surface area (Å²) in [5, 5.41) is 3.39. The van der Waals surface area contributed by atoms with E-state index in [9.17, 15) is 14.0 Å². The normalized spacial score (nSPS) is 10.5. The number of carbonyl (C=O) groups is 2. The summed E-state index contributed by atoms with van der Waals surface area (Å²) < 4.78 is 13.0. The van der Waals surface area contributed by atoms with Crippen molar-refractivity contribution in [3.8, 4) is 0 Å². The van der Waals surface area contributed by atoms with Gasteiger partial charge in [0.15, 0.2) is 5.78 Å². The van der Waals surface area contributed by atoms with Crippen LogP contribution in [-0.4, -0.2) is 11.7 Å². The average molecular weight is 402 g/mol. The first-order valence-electron chi connectivity index (χ1n) is 8.07. The van der Waals surface area contributed by atoms with Gasteiger partial charge in [0.1, 0.15) is 5.82 Å². The molecule has 136 valence electrons. The van der Waals surface area contributed by atoms with E-state index in [2.05, 4.69) is 5.32 Å². The maximum Gasteiger partial charge on any atom is 0.228 e. The highest BCUT2D eigenvalue weighted by atomic mass is 35.5. The number of anilines is 1. The lowest BCUT2D eigenvalue weighted by Crippen LogP contribution is -2.17. The van der Waals surface area contributed by atoms with Crippen LogP contribution in [0.5, 0.6) is 0 Å². The van der Waals surface area contributed by atoms with Crippen LogP contribution < -0.4 is 5.32 Å². The van der Waals surface area contributed by atoms with Crippen LogP contribution in [0.2, 0.25) is 10.0 Å². The molecule has 0 spiro atoms. The summed E-state index contributed by atoms with van der Waals surface area (Å²) in [6, 6.07) is 16.9. The fourth-order valence-electron chi connectivity index (χ4n) is 2.59. The van der Waals surface area contributed by atoms with Gasteiger partial charge in [-0.1, -0.05) is 47.5 Å².